The standard InChI is InChI=1S/C14H13BrFNO2/c1-18-13-5-2-9(6-11(13)15)8-19-14-7-10(16)3-4-12(14)17/h2-7H,8,17H2,1H3. The van der Waals surface area contributed by atoms with Gasteiger partial charge in [-0.3, -0.25) is 0 Å². The molecular weight excluding hydrogens is 313 g/mol. The average Bonchev–Trinajstić information content (AvgIpc) is 2.40. The van der Waals surface area contributed by atoms with Gasteiger partial charge in [-0.2, -0.15) is 0 Å². The van der Waals surface area contributed by atoms with Crippen LogP contribution in [0.25, 0.3) is 0 Å². The Morgan fingerprint density at radius 3 is 2.63 bits per heavy atom. The van der Waals surface area contributed by atoms with Gasteiger partial charge in [0.05, 0.1) is 17.3 Å². The molecule has 0 amide bonds. The predicted molar refractivity (Wildman–Crippen MR) is 75.8 cm³/mol. The first-order valence-electron chi connectivity index (χ1n) is 5.60. The van der Waals surface area contributed by atoms with Gasteiger partial charge >= 0.3 is 0 Å². The molecule has 0 heterocycles. The van der Waals surface area contributed by atoms with Crippen molar-refractivity contribution in [3.8, 4) is 11.5 Å². The van der Waals surface area contributed by atoms with E-state index in [1.807, 2.05) is 18.2 Å². The molecule has 0 saturated heterocycles. The highest BCUT2D eigenvalue weighted by Crippen LogP contribution is 2.27. The predicted octanol–water partition coefficient (Wildman–Crippen LogP) is 3.76. The van der Waals surface area contributed by atoms with Gasteiger partial charge in [0.2, 0.25) is 0 Å². The summed E-state index contributed by atoms with van der Waals surface area (Å²) in [5.41, 5.74) is 7.05. The summed E-state index contributed by atoms with van der Waals surface area (Å²) in [6, 6.07) is 9.64. The zero-order valence-corrected chi connectivity index (χ0v) is 11.9. The van der Waals surface area contributed by atoms with Gasteiger partial charge in [0, 0.05) is 6.07 Å². The molecule has 0 atom stereocenters. The Bertz CT molecular complexity index is 590. The molecule has 2 rings (SSSR count). The van der Waals surface area contributed by atoms with Crippen LogP contribution < -0.4 is 15.2 Å². The van der Waals surface area contributed by atoms with Crippen LogP contribution in [-0.4, -0.2) is 7.11 Å². The number of methoxy groups -OCH3 is 1. The molecule has 0 saturated carbocycles. The maximum atomic E-state index is 13.1. The highest BCUT2D eigenvalue weighted by Gasteiger charge is 2.05. The normalized spacial score (nSPS) is 10.3. The Hall–Kier alpha value is -1.75. The number of rotatable bonds is 4. The van der Waals surface area contributed by atoms with E-state index in [1.165, 1.54) is 18.2 Å². The second kappa shape index (κ2) is 5.93. The first-order chi connectivity index (χ1) is 9.10. The Morgan fingerprint density at radius 1 is 1.16 bits per heavy atom. The molecule has 0 spiro atoms. The number of ether oxygens (including phenoxy) is 2. The van der Waals surface area contributed by atoms with Crippen molar-refractivity contribution in [3.05, 3.63) is 52.3 Å². The topological polar surface area (TPSA) is 44.5 Å². The molecule has 0 fully saturated rings. The Balaban J connectivity index is 2.10. The molecule has 0 aliphatic heterocycles. The third kappa shape index (κ3) is 3.38. The van der Waals surface area contributed by atoms with Gasteiger partial charge in [0.1, 0.15) is 23.9 Å². The summed E-state index contributed by atoms with van der Waals surface area (Å²) in [6.45, 7) is 0.302. The third-order valence-electron chi connectivity index (χ3n) is 2.59. The minimum absolute atomic E-state index is 0.302. The van der Waals surface area contributed by atoms with E-state index in [4.69, 9.17) is 15.2 Å². The molecule has 0 unspecified atom stereocenters. The minimum Gasteiger partial charge on any atom is -0.496 e. The summed E-state index contributed by atoms with van der Waals surface area (Å²) >= 11 is 3.39. The number of halogens is 2. The van der Waals surface area contributed by atoms with Crippen LogP contribution in [0, 0.1) is 5.82 Å². The van der Waals surface area contributed by atoms with E-state index in [0.29, 0.717) is 18.0 Å². The lowest BCUT2D eigenvalue weighted by Gasteiger charge is -2.10. The average molecular weight is 326 g/mol. The third-order valence-corrected chi connectivity index (χ3v) is 3.21. The van der Waals surface area contributed by atoms with E-state index in [1.54, 1.807) is 7.11 Å². The molecule has 100 valence electrons. The Labute approximate surface area is 119 Å². The lowest BCUT2D eigenvalue weighted by Crippen LogP contribution is -1.99. The number of anilines is 1. The quantitative estimate of drug-likeness (QED) is 0.870. The van der Waals surface area contributed by atoms with E-state index >= 15 is 0 Å². The van der Waals surface area contributed by atoms with Crippen LogP contribution in [0.1, 0.15) is 5.56 Å². The molecule has 0 aliphatic carbocycles. The van der Waals surface area contributed by atoms with Crippen molar-refractivity contribution in [2.75, 3.05) is 12.8 Å². The van der Waals surface area contributed by atoms with E-state index < -0.39 is 0 Å². The first-order valence-corrected chi connectivity index (χ1v) is 6.39. The van der Waals surface area contributed by atoms with Crippen molar-refractivity contribution in [1.82, 2.24) is 0 Å². The number of benzene rings is 2. The van der Waals surface area contributed by atoms with Crippen molar-refractivity contribution in [1.29, 1.82) is 0 Å². The minimum atomic E-state index is -0.375. The van der Waals surface area contributed by atoms with Crippen LogP contribution in [0.5, 0.6) is 11.5 Å². The molecule has 2 N–H and O–H groups in total. The van der Waals surface area contributed by atoms with Gasteiger partial charge < -0.3 is 15.2 Å². The fraction of sp³-hybridized carbons (Fsp3) is 0.143. The number of hydrogen-bond donors (Lipinski definition) is 1. The number of nitrogen functional groups attached to an aromatic ring is 1. The molecule has 2 aromatic carbocycles. The molecule has 5 heteroatoms. The smallest absolute Gasteiger partial charge is 0.145 e. The fourth-order valence-electron chi connectivity index (χ4n) is 1.59. The van der Waals surface area contributed by atoms with Gasteiger partial charge in [0.15, 0.2) is 0 Å². The van der Waals surface area contributed by atoms with Crippen LogP contribution in [0.2, 0.25) is 0 Å². The van der Waals surface area contributed by atoms with Gasteiger partial charge in [-0.05, 0) is 45.8 Å². The van der Waals surface area contributed by atoms with Crippen molar-refractivity contribution in [2.45, 2.75) is 6.61 Å². The molecule has 19 heavy (non-hydrogen) atoms. The molecule has 0 aliphatic rings. The molecule has 0 bridgehead atoms. The van der Waals surface area contributed by atoms with Crippen molar-refractivity contribution < 1.29 is 13.9 Å². The maximum absolute atomic E-state index is 13.1. The van der Waals surface area contributed by atoms with Crippen LogP contribution in [0.15, 0.2) is 40.9 Å². The summed E-state index contributed by atoms with van der Waals surface area (Å²) in [6.07, 6.45) is 0. The monoisotopic (exact) mass is 325 g/mol. The second-order valence-electron chi connectivity index (χ2n) is 3.94. The molecule has 3 nitrogen and oxygen atoms in total. The van der Waals surface area contributed by atoms with Crippen molar-refractivity contribution in [3.63, 3.8) is 0 Å². The van der Waals surface area contributed by atoms with Gasteiger partial charge in [0.25, 0.3) is 0 Å². The first kappa shape index (κ1) is 13.7. The SMILES string of the molecule is COc1ccc(COc2cc(F)ccc2N)cc1Br. The largest absolute Gasteiger partial charge is 0.496 e. The van der Waals surface area contributed by atoms with E-state index in [2.05, 4.69) is 15.9 Å². The lowest BCUT2D eigenvalue weighted by molar-refractivity contribution is 0.306. The summed E-state index contributed by atoms with van der Waals surface area (Å²) in [7, 11) is 1.60. The highest BCUT2D eigenvalue weighted by molar-refractivity contribution is 9.10. The van der Waals surface area contributed by atoms with E-state index in [-0.39, 0.29) is 5.82 Å². The summed E-state index contributed by atoms with van der Waals surface area (Å²) in [5.74, 6) is 0.709. The van der Waals surface area contributed by atoms with E-state index in [0.717, 1.165) is 15.8 Å². The molecule has 2 aromatic rings. The Morgan fingerprint density at radius 2 is 1.95 bits per heavy atom. The van der Waals surface area contributed by atoms with E-state index in [9.17, 15) is 4.39 Å². The second-order valence-corrected chi connectivity index (χ2v) is 4.79. The van der Waals surface area contributed by atoms with Gasteiger partial charge in [-0.25, -0.2) is 4.39 Å². The highest BCUT2D eigenvalue weighted by atomic mass is 79.9. The van der Waals surface area contributed by atoms with Crippen LogP contribution in [-0.2, 0) is 6.61 Å². The maximum Gasteiger partial charge on any atom is 0.145 e. The van der Waals surface area contributed by atoms with Crippen LogP contribution in [0.3, 0.4) is 0 Å². The number of nitrogens with two attached hydrogens (primary N) is 1. The molecule has 0 radical (unpaired) electrons. The van der Waals surface area contributed by atoms with Crippen LogP contribution >= 0.6 is 15.9 Å². The summed E-state index contributed by atoms with van der Waals surface area (Å²) in [5, 5.41) is 0. The van der Waals surface area contributed by atoms with Crippen LogP contribution in [0.4, 0.5) is 10.1 Å². The molecular formula is C14H13BrFNO2. The van der Waals surface area contributed by atoms with Crippen molar-refractivity contribution >= 4 is 21.6 Å². The number of hydrogen-bond acceptors (Lipinski definition) is 3. The summed E-state index contributed by atoms with van der Waals surface area (Å²) in [4.78, 5) is 0. The molecule has 0 aromatic heterocycles. The van der Waals surface area contributed by atoms with Gasteiger partial charge in [-0.1, -0.05) is 6.07 Å². The zero-order chi connectivity index (χ0) is 13.8. The fourth-order valence-corrected chi connectivity index (χ4v) is 2.18. The lowest BCUT2D eigenvalue weighted by atomic mass is 10.2. The van der Waals surface area contributed by atoms with Gasteiger partial charge in [-0.15, -0.1) is 0 Å². The van der Waals surface area contributed by atoms with Crippen molar-refractivity contribution in [2.24, 2.45) is 0 Å². The zero-order valence-electron chi connectivity index (χ0n) is 10.3. The summed E-state index contributed by atoms with van der Waals surface area (Å²) < 4.78 is 24.6. The Kier molecular flexibility index (Phi) is 4.27.